The number of hydrogen-bond donors (Lipinski definition) is 1. The van der Waals surface area contributed by atoms with E-state index in [9.17, 15) is 13.2 Å². The average molecular weight is 303 g/mol. The highest BCUT2D eigenvalue weighted by atomic mass is 32.2. The lowest BCUT2D eigenvalue weighted by Crippen LogP contribution is -2.31. The van der Waals surface area contributed by atoms with Gasteiger partial charge in [0.1, 0.15) is 0 Å². The van der Waals surface area contributed by atoms with Gasteiger partial charge >= 0.3 is 6.18 Å². The van der Waals surface area contributed by atoms with E-state index in [0.717, 1.165) is 30.9 Å². The van der Waals surface area contributed by atoms with Crippen LogP contribution in [0.15, 0.2) is 24.3 Å². The van der Waals surface area contributed by atoms with E-state index < -0.39 is 11.7 Å². The molecule has 112 valence electrons. The van der Waals surface area contributed by atoms with Gasteiger partial charge in [-0.15, -0.1) is 0 Å². The molecule has 5 heteroatoms. The van der Waals surface area contributed by atoms with E-state index in [1.54, 1.807) is 12.1 Å². The summed E-state index contributed by atoms with van der Waals surface area (Å²) in [6, 6.07) is 5.79. The molecule has 1 aromatic rings. The van der Waals surface area contributed by atoms with Crippen molar-refractivity contribution in [3.05, 3.63) is 35.4 Å². The molecule has 0 saturated carbocycles. The minimum absolute atomic E-state index is 0.192. The van der Waals surface area contributed by atoms with Gasteiger partial charge in [0.2, 0.25) is 0 Å². The molecule has 0 aromatic heterocycles. The van der Waals surface area contributed by atoms with Crippen LogP contribution in [0.2, 0.25) is 0 Å². The Hall–Kier alpha value is -0.680. The maximum absolute atomic E-state index is 13.2. The molecule has 1 N–H and O–H groups in total. The van der Waals surface area contributed by atoms with Crippen molar-refractivity contribution >= 4 is 11.8 Å². The molecule has 2 atom stereocenters. The van der Waals surface area contributed by atoms with Gasteiger partial charge < -0.3 is 5.32 Å². The Kier molecular flexibility index (Phi) is 5.38. The van der Waals surface area contributed by atoms with Gasteiger partial charge in [0.15, 0.2) is 0 Å². The zero-order valence-corrected chi connectivity index (χ0v) is 12.4. The molecule has 1 nitrogen and oxygen atoms in total. The molecule has 0 spiro atoms. The first-order chi connectivity index (χ1) is 9.54. The van der Waals surface area contributed by atoms with Crippen LogP contribution in [0.25, 0.3) is 0 Å². The summed E-state index contributed by atoms with van der Waals surface area (Å²) in [6.45, 7) is 2.78. The van der Waals surface area contributed by atoms with Crippen LogP contribution in [0.3, 0.4) is 0 Å². The molecular weight excluding hydrogens is 283 g/mol. The summed E-state index contributed by atoms with van der Waals surface area (Å²) in [5.41, 5.74) is -0.0912. The third kappa shape index (κ3) is 3.70. The SMILES string of the molecule is CCCNC(c1ccccc1C(F)(F)F)C1CCSC1. The maximum Gasteiger partial charge on any atom is 0.416 e. The lowest BCUT2D eigenvalue weighted by Gasteiger charge is -2.27. The van der Waals surface area contributed by atoms with Crippen LogP contribution in [0.4, 0.5) is 13.2 Å². The lowest BCUT2D eigenvalue weighted by atomic mass is 9.89. The molecule has 0 radical (unpaired) electrons. The Labute approximate surface area is 122 Å². The summed E-state index contributed by atoms with van der Waals surface area (Å²) in [7, 11) is 0. The zero-order valence-electron chi connectivity index (χ0n) is 11.5. The van der Waals surface area contributed by atoms with E-state index in [0.29, 0.717) is 5.56 Å². The number of nitrogens with one attached hydrogen (secondary N) is 1. The largest absolute Gasteiger partial charge is 0.416 e. The normalized spacial score (nSPS) is 21.1. The van der Waals surface area contributed by atoms with Crippen molar-refractivity contribution in [2.24, 2.45) is 5.92 Å². The molecule has 2 rings (SSSR count). The molecule has 20 heavy (non-hydrogen) atoms. The van der Waals surface area contributed by atoms with Crippen LogP contribution in [-0.4, -0.2) is 18.1 Å². The van der Waals surface area contributed by atoms with E-state index in [-0.39, 0.29) is 12.0 Å². The monoisotopic (exact) mass is 303 g/mol. The standard InChI is InChI=1S/C15H20F3NS/c1-2-8-19-14(11-7-9-20-10-11)12-5-3-4-6-13(12)15(16,17)18/h3-6,11,14,19H,2,7-10H2,1H3. The van der Waals surface area contributed by atoms with Crippen molar-refractivity contribution in [1.29, 1.82) is 0 Å². The first kappa shape index (κ1) is 15.7. The highest BCUT2D eigenvalue weighted by Gasteiger charge is 2.37. The van der Waals surface area contributed by atoms with Gasteiger partial charge in [-0.3, -0.25) is 0 Å². The van der Waals surface area contributed by atoms with Gasteiger partial charge in [0, 0.05) is 6.04 Å². The summed E-state index contributed by atoms with van der Waals surface area (Å²) in [5.74, 6) is 2.27. The predicted octanol–water partition coefficient (Wildman–Crippen LogP) is 4.50. The van der Waals surface area contributed by atoms with E-state index >= 15 is 0 Å². The first-order valence-corrected chi connectivity index (χ1v) is 8.16. The fraction of sp³-hybridized carbons (Fsp3) is 0.600. The number of benzene rings is 1. The third-order valence-electron chi connectivity index (χ3n) is 3.65. The van der Waals surface area contributed by atoms with E-state index in [4.69, 9.17) is 0 Å². The Balaban J connectivity index is 2.32. The van der Waals surface area contributed by atoms with Crippen molar-refractivity contribution in [2.75, 3.05) is 18.1 Å². The summed E-state index contributed by atoms with van der Waals surface area (Å²) < 4.78 is 39.6. The Morgan fingerprint density at radius 1 is 1.35 bits per heavy atom. The predicted molar refractivity (Wildman–Crippen MR) is 77.9 cm³/mol. The van der Waals surface area contributed by atoms with Crippen molar-refractivity contribution in [3.63, 3.8) is 0 Å². The number of thioether (sulfide) groups is 1. The van der Waals surface area contributed by atoms with Crippen LogP contribution < -0.4 is 5.32 Å². The smallest absolute Gasteiger partial charge is 0.310 e. The van der Waals surface area contributed by atoms with Gasteiger partial charge in [0.05, 0.1) is 5.56 Å². The summed E-state index contributed by atoms with van der Waals surface area (Å²) in [4.78, 5) is 0. The van der Waals surface area contributed by atoms with Crippen LogP contribution in [0.1, 0.15) is 36.9 Å². The number of halogens is 3. The molecule has 0 bridgehead atoms. The van der Waals surface area contributed by atoms with E-state index in [1.165, 1.54) is 12.1 Å². The van der Waals surface area contributed by atoms with Gasteiger partial charge in [0.25, 0.3) is 0 Å². The van der Waals surface area contributed by atoms with Crippen LogP contribution >= 0.6 is 11.8 Å². The van der Waals surface area contributed by atoms with Crippen molar-refractivity contribution in [2.45, 2.75) is 32.0 Å². The maximum atomic E-state index is 13.2. The second kappa shape index (κ2) is 6.85. The highest BCUT2D eigenvalue weighted by Crippen LogP contribution is 2.40. The molecule has 1 aromatic carbocycles. The highest BCUT2D eigenvalue weighted by molar-refractivity contribution is 7.99. The molecule has 1 saturated heterocycles. The molecule has 0 aliphatic carbocycles. The lowest BCUT2D eigenvalue weighted by molar-refractivity contribution is -0.138. The molecule has 1 fully saturated rings. The van der Waals surface area contributed by atoms with Gasteiger partial charge in [-0.2, -0.15) is 24.9 Å². The van der Waals surface area contributed by atoms with Gasteiger partial charge in [-0.25, -0.2) is 0 Å². The zero-order chi connectivity index (χ0) is 14.6. The molecule has 2 unspecified atom stereocenters. The van der Waals surface area contributed by atoms with Crippen LogP contribution in [-0.2, 0) is 6.18 Å². The third-order valence-corrected chi connectivity index (χ3v) is 4.84. The minimum atomic E-state index is -4.28. The molecule has 1 heterocycles. The van der Waals surface area contributed by atoms with Crippen molar-refractivity contribution in [3.8, 4) is 0 Å². The number of alkyl halides is 3. The van der Waals surface area contributed by atoms with Crippen LogP contribution in [0.5, 0.6) is 0 Å². The average Bonchev–Trinajstić information content (AvgIpc) is 2.92. The summed E-state index contributed by atoms with van der Waals surface area (Å²) >= 11 is 1.83. The number of hydrogen-bond acceptors (Lipinski definition) is 2. The molecular formula is C15H20F3NS. The topological polar surface area (TPSA) is 12.0 Å². The fourth-order valence-electron chi connectivity index (χ4n) is 2.67. The Bertz CT molecular complexity index is 427. The quantitative estimate of drug-likeness (QED) is 0.859. The molecule has 1 aliphatic heterocycles. The molecule has 0 amide bonds. The van der Waals surface area contributed by atoms with E-state index in [1.807, 2.05) is 18.7 Å². The van der Waals surface area contributed by atoms with E-state index in [2.05, 4.69) is 5.32 Å². The van der Waals surface area contributed by atoms with Crippen molar-refractivity contribution in [1.82, 2.24) is 5.32 Å². The summed E-state index contributed by atoms with van der Waals surface area (Å²) in [5, 5.41) is 3.33. The first-order valence-electron chi connectivity index (χ1n) is 7.01. The second-order valence-electron chi connectivity index (χ2n) is 5.14. The summed E-state index contributed by atoms with van der Waals surface area (Å²) in [6.07, 6.45) is -2.38. The van der Waals surface area contributed by atoms with Gasteiger partial charge in [-0.05, 0) is 48.4 Å². The van der Waals surface area contributed by atoms with Gasteiger partial charge in [-0.1, -0.05) is 25.1 Å². The second-order valence-corrected chi connectivity index (χ2v) is 6.29. The Morgan fingerprint density at radius 2 is 2.10 bits per heavy atom. The fourth-order valence-corrected chi connectivity index (χ4v) is 3.97. The van der Waals surface area contributed by atoms with Crippen molar-refractivity contribution < 1.29 is 13.2 Å². The minimum Gasteiger partial charge on any atom is -0.310 e. The Morgan fingerprint density at radius 3 is 2.70 bits per heavy atom. The number of rotatable bonds is 5. The molecule has 1 aliphatic rings. The van der Waals surface area contributed by atoms with Crippen LogP contribution in [0, 0.1) is 5.92 Å².